The molecule has 0 spiro atoms. The summed E-state index contributed by atoms with van der Waals surface area (Å²) in [6.45, 7) is 2.88. The monoisotopic (exact) mass is 462 g/mol. The van der Waals surface area contributed by atoms with Gasteiger partial charge in [-0.1, -0.05) is 54.6 Å². The molecular weight excluding hydrogens is 436 g/mol. The molecule has 1 heterocycles. The minimum atomic E-state index is -3.78. The summed E-state index contributed by atoms with van der Waals surface area (Å²) in [5, 5.41) is 9.47. The summed E-state index contributed by atoms with van der Waals surface area (Å²) in [4.78, 5) is 14.9. The third-order valence-corrected chi connectivity index (χ3v) is 7.31. The van der Waals surface area contributed by atoms with Gasteiger partial charge < -0.3 is 10.0 Å². The zero-order chi connectivity index (χ0) is 23.4. The summed E-state index contributed by atoms with van der Waals surface area (Å²) in [6.07, 6.45) is 2.69. The molecule has 0 aromatic heterocycles. The van der Waals surface area contributed by atoms with Gasteiger partial charge in [0.05, 0.1) is 4.90 Å². The number of hydrogen-bond donors (Lipinski definition) is 2. The van der Waals surface area contributed by atoms with Crippen molar-refractivity contribution in [3.8, 4) is 5.75 Å². The van der Waals surface area contributed by atoms with Crippen LogP contribution in [0, 0.1) is 6.92 Å². The van der Waals surface area contributed by atoms with Gasteiger partial charge in [0.15, 0.2) is 0 Å². The SMILES string of the molecule is Cc1ccc(C(=O)N2CC=C(c3ccc(O)cc3)CC2)cc1S(=O)(=O)NCc1ccccc1. The number of carbonyl (C=O) groups is 1. The zero-order valence-electron chi connectivity index (χ0n) is 18.4. The minimum absolute atomic E-state index is 0.113. The molecule has 0 fully saturated rings. The highest BCUT2D eigenvalue weighted by atomic mass is 32.2. The van der Waals surface area contributed by atoms with Crippen LogP contribution in [0.25, 0.3) is 5.57 Å². The molecule has 3 aromatic rings. The Morgan fingerprint density at radius 2 is 1.76 bits per heavy atom. The van der Waals surface area contributed by atoms with Gasteiger partial charge in [0.25, 0.3) is 5.91 Å². The fourth-order valence-electron chi connectivity index (χ4n) is 3.85. The average molecular weight is 463 g/mol. The van der Waals surface area contributed by atoms with E-state index in [1.807, 2.05) is 48.5 Å². The number of amides is 1. The van der Waals surface area contributed by atoms with E-state index >= 15 is 0 Å². The van der Waals surface area contributed by atoms with E-state index in [2.05, 4.69) is 4.72 Å². The Morgan fingerprint density at radius 3 is 2.42 bits per heavy atom. The molecule has 4 rings (SSSR count). The number of phenols is 1. The maximum Gasteiger partial charge on any atom is 0.254 e. The van der Waals surface area contributed by atoms with Crippen molar-refractivity contribution in [3.63, 3.8) is 0 Å². The van der Waals surface area contributed by atoms with Crippen molar-refractivity contribution in [3.05, 3.63) is 101 Å². The first-order valence-electron chi connectivity index (χ1n) is 10.8. The second-order valence-electron chi connectivity index (χ2n) is 8.07. The molecule has 7 heteroatoms. The lowest BCUT2D eigenvalue weighted by molar-refractivity contribution is 0.0772. The van der Waals surface area contributed by atoms with Crippen LogP contribution in [0.1, 0.15) is 33.5 Å². The third kappa shape index (κ3) is 5.32. The summed E-state index contributed by atoms with van der Waals surface area (Å²) in [5.74, 6) is 0.0193. The maximum atomic E-state index is 13.1. The fourth-order valence-corrected chi connectivity index (χ4v) is 5.13. The quantitative estimate of drug-likeness (QED) is 0.577. The molecule has 1 amide bonds. The van der Waals surface area contributed by atoms with Crippen LogP contribution in [0.2, 0.25) is 0 Å². The van der Waals surface area contributed by atoms with Gasteiger partial charge >= 0.3 is 0 Å². The first-order chi connectivity index (χ1) is 15.8. The molecule has 33 heavy (non-hydrogen) atoms. The van der Waals surface area contributed by atoms with E-state index in [0.717, 1.165) is 16.7 Å². The number of nitrogens with zero attached hydrogens (tertiary/aromatic N) is 1. The minimum Gasteiger partial charge on any atom is -0.508 e. The van der Waals surface area contributed by atoms with Crippen molar-refractivity contribution >= 4 is 21.5 Å². The van der Waals surface area contributed by atoms with Gasteiger partial charge in [0.1, 0.15) is 5.75 Å². The van der Waals surface area contributed by atoms with Crippen LogP contribution in [-0.2, 0) is 16.6 Å². The Balaban J connectivity index is 1.49. The number of nitrogens with one attached hydrogen (secondary N) is 1. The zero-order valence-corrected chi connectivity index (χ0v) is 19.2. The van der Waals surface area contributed by atoms with Gasteiger partial charge in [0.2, 0.25) is 10.0 Å². The Morgan fingerprint density at radius 1 is 1.03 bits per heavy atom. The van der Waals surface area contributed by atoms with Crippen LogP contribution >= 0.6 is 0 Å². The molecule has 1 aliphatic heterocycles. The first-order valence-corrected chi connectivity index (χ1v) is 12.2. The van der Waals surface area contributed by atoms with E-state index in [4.69, 9.17) is 0 Å². The van der Waals surface area contributed by atoms with Gasteiger partial charge in [0, 0.05) is 25.2 Å². The topological polar surface area (TPSA) is 86.7 Å². The Kier molecular flexibility index (Phi) is 6.62. The fraction of sp³-hybridized carbons (Fsp3) is 0.192. The molecule has 2 N–H and O–H groups in total. The van der Waals surface area contributed by atoms with Gasteiger partial charge in [-0.25, -0.2) is 13.1 Å². The molecule has 0 bridgehead atoms. The van der Waals surface area contributed by atoms with Crippen LogP contribution in [-0.4, -0.2) is 37.4 Å². The molecule has 170 valence electrons. The summed E-state index contributed by atoms with van der Waals surface area (Å²) in [6, 6.07) is 21.1. The molecular formula is C26H26N2O4S. The molecule has 0 saturated heterocycles. The van der Waals surface area contributed by atoms with E-state index in [9.17, 15) is 18.3 Å². The number of phenolic OH excluding ortho intramolecular Hbond substituents is 1. The third-order valence-electron chi connectivity index (χ3n) is 5.77. The van der Waals surface area contributed by atoms with Crippen molar-refractivity contribution in [1.82, 2.24) is 9.62 Å². The Hall–Kier alpha value is -3.42. The highest BCUT2D eigenvalue weighted by molar-refractivity contribution is 7.89. The molecule has 0 radical (unpaired) electrons. The van der Waals surface area contributed by atoms with Gasteiger partial charge in [-0.05, 0) is 59.9 Å². The number of aromatic hydroxyl groups is 1. The van der Waals surface area contributed by atoms with Crippen molar-refractivity contribution < 1.29 is 18.3 Å². The smallest absolute Gasteiger partial charge is 0.254 e. The Labute approximate surface area is 194 Å². The lowest BCUT2D eigenvalue weighted by Crippen LogP contribution is -2.35. The number of carbonyl (C=O) groups excluding carboxylic acids is 1. The number of benzene rings is 3. The highest BCUT2D eigenvalue weighted by Gasteiger charge is 2.23. The predicted molar refractivity (Wildman–Crippen MR) is 128 cm³/mol. The lowest BCUT2D eigenvalue weighted by Gasteiger charge is -2.27. The number of rotatable bonds is 6. The predicted octanol–water partition coefficient (Wildman–Crippen LogP) is 4.11. The van der Waals surface area contributed by atoms with Crippen LogP contribution in [0.4, 0.5) is 0 Å². The van der Waals surface area contributed by atoms with Crippen LogP contribution in [0.5, 0.6) is 5.75 Å². The molecule has 0 atom stereocenters. The normalized spacial score (nSPS) is 14.1. The van der Waals surface area contributed by atoms with Crippen LogP contribution in [0.15, 0.2) is 83.8 Å². The highest BCUT2D eigenvalue weighted by Crippen LogP contribution is 2.25. The second kappa shape index (κ2) is 9.60. The average Bonchev–Trinajstić information content (AvgIpc) is 2.84. The van der Waals surface area contributed by atoms with E-state index < -0.39 is 10.0 Å². The lowest BCUT2D eigenvalue weighted by atomic mass is 9.99. The van der Waals surface area contributed by atoms with E-state index in [-0.39, 0.29) is 23.1 Å². The molecule has 1 aliphatic rings. The number of hydrogen-bond acceptors (Lipinski definition) is 4. The van der Waals surface area contributed by atoms with Crippen molar-refractivity contribution in [2.24, 2.45) is 0 Å². The maximum absolute atomic E-state index is 13.1. The summed E-state index contributed by atoms with van der Waals surface area (Å²) in [7, 11) is -3.78. The first kappa shape index (κ1) is 22.8. The second-order valence-corrected chi connectivity index (χ2v) is 9.80. The summed E-state index contributed by atoms with van der Waals surface area (Å²) < 4.78 is 28.5. The molecule has 0 aliphatic carbocycles. The summed E-state index contributed by atoms with van der Waals surface area (Å²) >= 11 is 0. The number of sulfonamides is 1. The van der Waals surface area contributed by atoms with E-state index in [0.29, 0.717) is 30.6 Å². The molecule has 6 nitrogen and oxygen atoms in total. The molecule has 0 saturated carbocycles. The molecule has 0 unspecified atom stereocenters. The van der Waals surface area contributed by atoms with Crippen molar-refractivity contribution in [2.75, 3.05) is 13.1 Å². The Bertz CT molecular complexity index is 1280. The van der Waals surface area contributed by atoms with Gasteiger partial charge in [-0.2, -0.15) is 0 Å². The van der Waals surface area contributed by atoms with Gasteiger partial charge in [-0.3, -0.25) is 4.79 Å². The summed E-state index contributed by atoms with van der Waals surface area (Å²) in [5.41, 5.74) is 3.93. The largest absolute Gasteiger partial charge is 0.508 e. The number of aryl methyl sites for hydroxylation is 1. The van der Waals surface area contributed by atoms with E-state index in [1.54, 1.807) is 36.1 Å². The van der Waals surface area contributed by atoms with E-state index in [1.165, 1.54) is 6.07 Å². The molecule has 3 aromatic carbocycles. The van der Waals surface area contributed by atoms with Crippen molar-refractivity contribution in [2.45, 2.75) is 24.8 Å². The standard InChI is InChI=1S/C26H26N2O4S/c1-19-7-8-23(17-25(19)33(31,32)27-18-20-5-3-2-4-6-20)26(30)28-15-13-22(14-16-28)21-9-11-24(29)12-10-21/h2-13,17,27,29H,14-16,18H2,1H3. The van der Waals surface area contributed by atoms with Crippen LogP contribution in [0.3, 0.4) is 0 Å². The van der Waals surface area contributed by atoms with Gasteiger partial charge in [-0.15, -0.1) is 0 Å². The van der Waals surface area contributed by atoms with Crippen molar-refractivity contribution in [1.29, 1.82) is 0 Å². The van der Waals surface area contributed by atoms with Crippen LogP contribution < -0.4 is 4.72 Å².